The van der Waals surface area contributed by atoms with Crippen LogP contribution in [0.1, 0.15) is 17.0 Å². The van der Waals surface area contributed by atoms with Gasteiger partial charge in [-0.3, -0.25) is 19.3 Å². The number of hydrogen-bond donors (Lipinski definition) is 0. The second-order valence-electron chi connectivity index (χ2n) is 8.33. The molecule has 2 aliphatic heterocycles. The van der Waals surface area contributed by atoms with E-state index >= 15 is 0 Å². The first-order chi connectivity index (χ1) is 16.9. The number of hydrogen-bond acceptors (Lipinski definition) is 7. The smallest absolute Gasteiger partial charge is 0.294 e. The highest BCUT2D eigenvalue weighted by atomic mass is 32.2. The molecule has 2 aliphatic rings. The minimum atomic E-state index is -0.482. The number of aromatic nitrogens is 2. The molecule has 5 rings (SSSR count). The van der Waals surface area contributed by atoms with Crippen LogP contribution in [0.3, 0.4) is 0 Å². The molecule has 9 nitrogen and oxygen atoms in total. The number of amides is 3. The summed E-state index contributed by atoms with van der Waals surface area (Å²) < 4.78 is 12.6. The molecule has 1 aromatic heterocycles. The molecule has 2 aromatic carbocycles. The second-order valence-corrected chi connectivity index (χ2v) is 9.32. The van der Waals surface area contributed by atoms with Gasteiger partial charge in [-0.05, 0) is 53.6 Å². The molecule has 35 heavy (non-hydrogen) atoms. The lowest BCUT2D eigenvalue weighted by Crippen LogP contribution is -2.44. The maximum atomic E-state index is 13.0. The van der Waals surface area contributed by atoms with E-state index < -0.39 is 11.1 Å². The summed E-state index contributed by atoms with van der Waals surface area (Å²) in [6.07, 6.45) is 2.25. The monoisotopic (exact) mass is 492 g/mol. The van der Waals surface area contributed by atoms with Crippen LogP contribution < -0.4 is 9.47 Å². The Bertz CT molecular complexity index is 1400. The van der Waals surface area contributed by atoms with Crippen LogP contribution in [0.2, 0.25) is 0 Å². The first-order valence-corrected chi connectivity index (χ1v) is 11.9. The van der Waals surface area contributed by atoms with Crippen LogP contribution in [0.5, 0.6) is 11.5 Å². The van der Waals surface area contributed by atoms with Crippen molar-refractivity contribution in [1.82, 2.24) is 19.4 Å². The number of benzene rings is 2. The van der Waals surface area contributed by atoms with Crippen molar-refractivity contribution in [1.29, 1.82) is 0 Å². The Labute approximate surface area is 206 Å². The van der Waals surface area contributed by atoms with E-state index in [1.54, 1.807) is 25.2 Å². The second kappa shape index (κ2) is 9.10. The van der Waals surface area contributed by atoms with Crippen molar-refractivity contribution in [3.8, 4) is 11.5 Å². The standard InChI is InChI=1S/C25H24N4O5S/c1-27-18-7-5-4-6-17(18)26-22(27)12-21-24(31)29(25(32)35-21)14-23(30)28-9-8-15-10-19(33-2)20(34-3)11-16(15)13-28/h4-7,10-12H,8-9,13-14H2,1-3H3/b21-12-. The zero-order valence-electron chi connectivity index (χ0n) is 19.6. The number of aryl methyl sites for hydroxylation is 1. The van der Waals surface area contributed by atoms with E-state index in [1.165, 1.54) is 0 Å². The van der Waals surface area contributed by atoms with Crippen LogP contribution in [0.25, 0.3) is 17.1 Å². The van der Waals surface area contributed by atoms with Crippen molar-refractivity contribution in [3.05, 3.63) is 58.3 Å². The Morgan fingerprint density at radius 2 is 1.83 bits per heavy atom. The summed E-state index contributed by atoms with van der Waals surface area (Å²) in [5, 5.41) is -0.461. The SMILES string of the molecule is COc1cc2c(cc1OC)CN(C(=O)CN1C(=O)S/C(=C\c3nc4ccccc4n3C)C1=O)CC2. The van der Waals surface area contributed by atoms with Gasteiger partial charge < -0.3 is 18.9 Å². The van der Waals surface area contributed by atoms with E-state index in [9.17, 15) is 14.4 Å². The number of thioether (sulfide) groups is 1. The van der Waals surface area contributed by atoms with Gasteiger partial charge in [0.15, 0.2) is 11.5 Å². The molecule has 1 fully saturated rings. The van der Waals surface area contributed by atoms with E-state index in [-0.39, 0.29) is 17.4 Å². The van der Waals surface area contributed by atoms with Crippen molar-refractivity contribution in [2.45, 2.75) is 13.0 Å². The molecule has 180 valence electrons. The Morgan fingerprint density at radius 3 is 2.54 bits per heavy atom. The molecule has 3 heterocycles. The lowest BCUT2D eigenvalue weighted by molar-refractivity contribution is -0.136. The molecule has 0 saturated carbocycles. The van der Waals surface area contributed by atoms with Crippen molar-refractivity contribution < 1.29 is 23.9 Å². The van der Waals surface area contributed by atoms with Crippen LogP contribution in [0.15, 0.2) is 41.3 Å². The molecule has 0 N–H and O–H groups in total. The maximum Gasteiger partial charge on any atom is 0.294 e. The number of nitrogens with zero attached hydrogens (tertiary/aromatic N) is 4. The summed E-state index contributed by atoms with van der Waals surface area (Å²) in [4.78, 5) is 46.1. The van der Waals surface area contributed by atoms with Gasteiger partial charge in [0.25, 0.3) is 11.1 Å². The average molecular weight is 493 g/mol. The van der Waals surface area contributed by atoms with Crippen LogP contribution >= 0.6 is 11.8 Å². The first kappa shape index (κ1) is 23.0. The highest BCUT2D eigenvalue weighted by Crippen LogP contribution is 2.35. The first-order valence-electron chi connectivity index (χ1n) is 11.1. The molecule has 0 aliphatic carbocycles. The summed E-state index contributed by atoms with van der Waals surface area (Å²) in [6, 6.07) is 11.4. The van der Waals surface area contributed by atoms with Crippen LogP contribution in [0.4, 0.5) is 4.79 Å². The lowest BCUT2D eigenvalue weighted by Gasteiger charge is -2.30. The molecule has 0 radical (unpaired) electrons. The summed E-state index contributed by atoms with van der Waals surface area (Å²) in [6.45, 7) is 0.570. The molecule has 0 atom stereocenters. The number of carbonyl (C=O) groups is 3. The molecular weight excluding hydrogens is 468 g/mol. The summed E-state index contributed by atoms with van der Waals surface area (Å²) >= 11 is 0.826. The third-order valence-electron chi connectivity index (χ3n) is 6.32. The predicted molar refractivity (Wildman–Crippen MR) is 132 cm³/mol. The molecule has 0 bridgehead atoms. The van der Waals surface area contributed by atoms with E-state index in [0.29, 0.717) is 36.8 Å². The van der Waals surface area contributed by atoms with E-state index in [4.69, 9.17) is 9.47 Å². The number of methoxy groups -OCH3 is 2. The van der Waals surface area contributed by atoms with Gasteiger partial charge >= 0.3 is 0 Å². The van der Waals surface area contributed by atoms with Crippen molar-refractivity contribution >= 4 is 45.9 Å². The zero-order chi connectivity index (χ0) is 24.7. The fraction of sp³-hybridized carbons (Fsp3) is 0.280. The molecule has 3 amide bonds. The largest absolute Gasteiger partial charge is 0.493 e. The number of ether oxygens (including phenoxy) is 2. The topological polar surface area (TPSA) is 94.0 Å². The predicted octanol–water partition coefficient (Wildman–Crippen LogP) is 3.21. The highest BCUT2D eigenvalue weighted by molar-refractivity contribution is 8.18. The van der Waals surface area contributed by atoms with Crippen LogP contribution in [0, 0.1) is 0 Å². The summed E-state index contributed by atoms with van der Waals surface area (Å²) in [5.41, 5.74) is 3.77. The van der Waals surface area contributed by atoms with Gasteiger partial charge in [-0.25, -0.2) is 4.98 Å². The van der Waals surface area contributed by atoms with Gasteiger partial charge in [-0.15, -0.1) is 0 Å². The Kier molecular flexibility index (Phi) is 5.98. The Morgan fingerprint density at radius 1 is 1.11 bits per heavy atom. The molecule has 0 spiro atoms. The fourth-order valence-electron chi connectivity index (χ4n) is 4.38. The number of imide groups is 1. The van der Waals surface area contributed by atoms with E-state index in [1.807, 2.05) is 48.0 Å². The molecule has 3 aromatic rings. The number of rotatable bonds is 5. The summed E-state index contributed by atoms with van der Waals surface area (Å²) in [7, 11) is 5.01. The molecule has 0 unspecified atom stereocenters. The number of carbonyl (C=O) groups excluding carboxylic acids is 3. The Hall–Kier alpha value is -3.79. The van der Waals surface area contributed by atoms with E-state index in [2.05, 4.69) is 4.98 Å². The van der Waals surface area contributed by atoms with Crippen molar-refractivity contribution in [2.24, 2.45) is 7.05 Å². The fourth-order valence-corrected chi connectivity index (χ4v) is 5.19. The maximum absolute atomic E-state index is 13.0. The van der Waals surface area contributed by atoms with Gasteiger partial charge in [0.1, 0.15) is 12.4 Å². The third kappa shape index (κ3) is 4.14. The lowest BCUT2D eigenvalue weighted by atomic mass is 9.98. The van der Waals surface area contributed by atoms with Gasteiger partial charge in [-0.1, -0.05) is 12.1 Å². The zero-order valence-corrected chi connectivity index (χ0v) is 20.4. The molecule has 1 saturated heterocycles. The van der Waals surface area contributed by atoms with Crippen molar-refractivity contribution in [3.63, 3.8) is 0 Å². The summed E-state index contributed by atoms with van der Waals surface area (Å²) in [5.74, 6) is 1.05. The van der Waals surface area contributed by atoms with Gasteiger partial charge in [0.05, 0.1) is 30.2 Å². The van der Waals surface area contributed by atoms with Gasteiger partial charge in [-0.2, -0.15) is 0 Å². The minimum Gasteiger partial charge on any atom is -0.493 e. The minimum absolute atomic E-state index is 0.252. The van der Waals surface area contributed by atoms with Crippen LogP contribution in [-0.2, 0) is 29.6 Å². The normalized spacial score (nSPS) is 16.8. The number of para-hydroxylation sites is 2. The van der Waals surface area contributed by atoms with Crippen LogP contribution in [-0.4, -0.2) is 63.7 Å². The average Bonchev–Trinajstić information content (AvgIpc) is 3.33. The van der Waals surface area contributed by atoms with Gasteiger partial charge in [0.2, 0.25) is 5.91 Å². The van der Waals surface area contributed by atoms with Gasteiger partial charge in [0, 0.05) is 26.2 Å². The number of imidazole rings is 1. The quantitative estimate of drug-likeness (QED) is 0.505. The molecule has 10 heteroatoms. The number of fused-ring (bicyclic) bond motifs is 2. The Balaban J connectivity index is 1.31. The van der Waals surface area contributed by atoms with E-state index in [0.717, 1.165) is 38.8 Å². The third-order valence-corrected chi connectivity index (χ3v) is 7.23. The van der Waals surface area contributed by atoms with Crippen molar-refractivity contribution in [2.75, 3.05) is 27.3 Å². The molecular formula is C25H24N4O5S. The highest BCUT2D eigenvalue weighted by Gasteiger charge is 2.38.